The van der Waals surface area contributed by atoms with Crippen LogP contribution in [0, 0.1) is 0 Å². The van der Waals surface area contributed by atoms with Gasteiger partial charge in [0.1, 0.15) is 0 Å². The summed E-state index contributed by atoms with van der Waals surface area (Å²) in [7, 11) is 0. The molecule has 0 saturated carbocycles. The fraction of sp³-hybridized carbons (Fsp3) is 1.00. The minimum atomic E-state index is -0.159. The number of nitrogens with two attached hydrogens (primary N) is 1. The Hall–Kier alpha value is -0.160. The molecule has 2 atom stereocenters. The Morgan fingerprint density at radius 2 is 2.40 bits per heavy atom. The molecule has 2 unspecified atom stereocenters. The van der Waals surface area contributed by atoms with Gasteiger partial charge >= 0.3 is 0 Å². The summed E-state index contributed by atoms with van der Waals surface area (Å²) < 4.78 is 5.87. The molecule has 4 heteroatoms. The van der Waals surface area contributed by atoms with E-state index in [4.69, 9.17) is 10.5 Å². The van der Waals surface area contributed by atoms with Gasteiger partial charge in [-0.05, 0) is 32.4 Å². The second-order valence-corrected chi connectivity index (χ2v) is 4.85. The summed E-state index contributed by atoms with van der Waals surface area (Å²) in [6, 6.07) is 0. The SMILES string of the molecule is NCCCN1CCC2(CC(O)CCO2)C1. The summed E-state index contributed by atoms with van der Waals surface area (Å²) in [5.41, 5.74) is 5.45. The van der Waals surface area contributed by atoms with Gasteiger partial charge in [0.25, 0.3) is 0 Å². The molecular weight excluding hydrogens is 192 g/mol. The van der Waals surface area contributed by atoms with Gasteiger partial charge in [-0.25, -0.2) is 0 Å². The second kappa shape index (κ2) is 4.78. The number of hydrogen-bond donors (Lipinski definition) is 2. The Balaban J connectivity index is 1.84. The third-order valence-electron chi connectivity index (χ3n) is 3.54. The van der Waals surface area contributed by atoms with E-state index >= 15 is 0 Å². The molecule has 2 heterocycles. The zero-order valence-electron chi connectivity index (χ0n) is 9.32. The molecule has 0 radical (unpaired) electrons. The highest BCUT2D eigenvalue weighted by Gasteiger charge is 2.42. The van der Waals surface area contributed by atoms with Gasteiger partial charge in [0.15, 0.2) is 0 Å². The quantitative estimate of drug-likeness (QED) is 0.691. The highest BCUT2D eigenvalue weighted by Crippen LogP contribution is 2.34. The molecule has 0 amide bonds. The van der Waals surface area contributed by atoms with Crippen molar-refractivity contribution in [2.45, 2.75) is 37.4 Å². The van der Waals surface area contributed by atoms with E-state index in [2.05, 4.69) is 4.90 Å². The molecule has 2 aliphatic heterocycles. The van der Waals surface area contributed by atoms with Crippen LogP contribution in [0.3, 0.4) is 0 Å². The molecule has 0 aromatic rings. The lowest BCUT2D eigenvalue weighted by atomic mass is 9.91. The summed E-state index contributed by atoms with van der Waals surface area (Å²) in [5.74, 6) is 0. The first-order valence-electron chi connectivity index (χ1n) is 5.99. The lowest BCUT2D eigenvalue weighted by Crippen LogP contribution is -2.44. The minimum Gasteiger partial charge on any atom is -0.393 e. The van der Waals surface area contributed by atoms with Crippen LogP contribution in [-0.2, 0) is 4.74 Å². The summed E-state index contributed by atoms with van der Waals surface area (Å²) in [4.78, 5) is 2.41. The number of likely N-dealkylation sites (tertiary alicyclic amines) is 1. The molecule has 0 bridgehead atoms. The van der Waals surface area contributed by atoms with Crippen LogP contribution in [0.25, 0.3) is 0 Å². The van der Waals surface area contributed by atoms with Crippen LogP contribution in [0.5, 0.6) is 0 Å². The summed E-state index contributed by atoms with van der Waals surface area (Å²) in [5, 5.41) is 9.68. The van der Waals surface area contributed by atoms with Crippen molar-refractivity contribution >= 4 is 0 Å². The first kappa shape index (κ1) is 11.3. The van der Waals surface area contributed by atoms with Crippen molar-refractivity contribution in [3.05, 3.63) is 0 Å². The molecule has 15 heavy (non-hydrogen) atoms. The zero-order chi connectivity index (χ0) is 10.7. The first-order valence-corrected chi connectivity index (χ1v) is 5.99. The lowest BCUT2D eigenvalue weighted by Gasteiger charge is -2.36. The van der Waals surface area contributed by atoms with Gasteiger partial charge in [-0.3, -0.25) is 0 Å². The number of rotatable bonds is 3. The Kier molecular flexibility index (Phi) is 3.61. The number of hydrogen-bond acceptors (Lipinski definition) is 4. The Bertz CT molecular complexity index is 213. The molecule has 3 N–H and O–H groups in total. The standard InChI is InChI=1S/C11H22N2O2/c12-4-1-5-13-6-3-11(9-13)8-10(14)2-7-15-11/h10,14H,1-9,12H2. The van der Waals surface area contributed by atoms with Crippen molar-refractivity contribution in [2.75, 3.05) is 32.8 Å². The fourth-order valence-electron chi connectivity index (χ4n) is 2.72. The van der Waals surface area contributed by atoms with Crippen molar-refractivity contribution in [3.8, 4) is 0 Å². The van der Waals surface area contributed by atoms with E-state index in [9.17, 15) is 5.11 Å². The van der Waals surface area contributed by atoms with Crippen molar-refractivity contribution in [1.29, 1.82) is 0 Å². The Morgan fingerprint density at radius 3 is 3.13 bits per heavy atom. The molecular formula is C11H22N2O2. The fourth-order valence-corrected chi connectivity index (χ4v) is 2.72. The molecule has 2 rings (SSSR count). The van der Waals surface area contributed by atoms with Gasteiger partial charge in [-0.2, -0.15) is 0 Å². The average molecular weight is 214 g/mol. The second-order valence-electron chi connectivity index (χ2n) is 4.85. The van der Waals surface area contributed by atoms with Gasteiger partial charge in [0.2, 0.25) is 0 Å². The van der Waals surface area contributed by atoms with E-state index in [1.807, 2.05) is 0 Å². The maximum atomic E-state index is 9.68. The summed E-state index contributed by atoms with van der Waals surface area (Å²) >= 11 is 0. The molecule has 0 aliphatic carbocycles. The lowest BCUT2D eigenvalue weighted by molar-refractivity contribution is -0.110. The van der Waals surface area contributed by atoms with Crippen molar-refractivity contribution < 1.29 is 9.84 Å². The molecule has 0 aromatic heterocycles. The van der Waals surface area contributed by atoms with E-state index in [-0.39, 0.29) is 11.7 Å². The van der Waals surface area contributed by atoms with Gasteiger partial charge < -0.3 is 20.5 Å². The maximum Gasteiger partial charge on any atom is 0.0845 e. The normalized spacial score (nSPS) is 37.6. The van der Waals surface area contributed by atoms with Gasteiger partial charge in [0.05, 0.1) is 11.7 Å². The van der Waals surface area contributed by atoms with E-state index < -0.39 is 0 Å². The highest BCUT2D eigenvalue weighted by molar-refractivity contribution is 4.95. The summed E-state index contributed by atoms with van der Waals surface area (Å²) in [6.07, 6.45) is 3.57. The third-order valence-corrected chi connectivity index (χ3v) is 3.54. The van der Waals surface area contributed by atoms with Crippen LogP contribution in [0.15, 0.2) is 0 Å². The molecule has 88 valence electrons. The van der Waals surface area contributed by atoms with Crippen LogP contribution in [0.2, 0.25) is 0 Å². The molecule has 2 fully saturated rings. The van der Waals surface area contributed by atoms with E-state index in [0.717, 1.165) is 51.9 Å². The van der Waals surface area contributed by atoms with Crippen molar-refractivity contribution in [1.82, 2.24) is 4.90 Å². The number of ether oxygens (including phenoxy) is 1. The van der Waals surface area contributed by atoms with Crippen molar-refractivity contribution in [3.63, 3.8) is 0 Å². The maximum absolute atomic E-state index is 9.68. The predicted molar refractivity (Wildman–Crippen MR) is 58.7 cm³/mol. The summed E-state index contributed by atoms with van der Waals surface area (Å²) in [6.45, 7) is 4.60. The molecule has 1 spiro atoms. The van der Waals surface area contributed by atoms with Gasteiger partial charge in [0, 0.05) is 26.1 Å². The monoisotopic (exact) mass is 214 g/mol. The number of nitrogens with zero attached hydrogens (tertiary/aromatic N) is 1. The molecule has 0 aromatic carbocycles. The van der Waals surface area contributed by atoms with E-state index in [0.29, 0.717) is 6.61 Å². The minimum absolute atomic E-state index is 0.0493. The largest absolute Gasteiger partial charge is 0.393 e. The van der Waals surface area contributed by atoms with Crippen LogP contribution >= 0.6 is 0 Å². The predicted octanol–water partition coefficient (Wildman–Crippen LogP) is -0.0490. The highest BCUT2D eigenvalue weighted by atomic mass is 16.5. The van der Waals surface area contributed by atoms with E-state index in [1.165, 1.54) is 0 Å². The van der Waals surface area contributed by atoms with Crippen LogP contribution in [0.1, 0.15) is 25.7 Å². The average Bonchev–Trinajstić information content (AvgIpc) is 2.58. The zero-order valence-corrected chi connectivity index (χ0v) is 9.32. The smallest absolute Gasteiger partial charge is 0.0845 e. The Labute approximate surface area is 91.4 Å². The van der Waals surface area contributed by atoms with Gasteiger partial charge in [-0.15, -0.1) is 0 Å². The number of aliphatic hydroxyl groups excluding tert-OH is 1. The topological polar surface area (TPSA) is 58.7 Å². The third kappa shape index (κ3) is 2.69. The van der Waals surface area contributed by atoms with E-state index in [1.54, 1.807) is 0 Å². The van der Waals surface area contributed by atoms with Gasteiger partial charge in [-0.1, -0.05) is 0 Å². The molecule has 4 nitrogen and oxygen atoms in total. The Morgan fingerprint density at radius 1 is 1.53 bits per heavy atom. The van der Waals surface area contributed by atoms with Crippen LogP contribution in [-0.4, -0.2) is 54.5 Å². The number of aliphatic hydroxyl groups is 1. The van der Waals surface area contributed by atoms with Crippen LogP contribution in [0.4, 0.5) is 0 Å². The first-order chi connectivity index (χ1) is 7.24. The van der Waals surface area contributed by atoms with Crippen LogP contribution < -0.4 is 5.73 Å². The van der Waals surface area contributed by atoms with Crippen molar-refractivity contribution in [2.24, 2.45) is 5.73 Å². The molecule has 2 aliphatic rings. The molecule has 2 saturated heterocycles.